The Bertz CT molecular complexity index is 302. The van der Waals surface area contributed by atoms with Crippen molar-refractivity contribution in [2.24, 2.45) is 22.5 Å². The lowest BCUT2D eigenvalue weighted by Crippen LogP contribution is -2.57. The molecule has 0 aromatic carbocycles. The van der Waals surface area contributed by atoms with Crippen LogP contribution in [0.3, 0.4) is 0 Å². The lowest BCUT2D eigenvalue weighted by atomic mass is 9.54. The highest BCUT2D eigenvalue weighted by molar-refractivity contribution is 5.05. The van der Waals surface area contributed by atoms with Gasteiger partial charge in [0.2, 0.25) is 0 Å². The first kappa shape index (κ1) is 15.3. The first-order valence-corrected chi connectivity index (χ1v) is 8.29. The average molecular weight is 267 g/mol. The van der Waals surface area contributed by atoms with Crippen molar-refractivity contribution in [1.82, 2.24) is 0 Å². The number of aliphatic hydroxyl groups is 1. The van der Waals surface area contributed by atoms with E-state index < -0.39 is 5.60 Å². The van der Waals surface area contributed by atoms with Gasteiger partial charge < -0.3 is 10.8 Å². The van der Waals surface area contributed by atoms with Crippen LogP contribution in [0.2, 0.25) is 0 Å². The molecule has 2 aliphatic carbocycles. The summed E-state index contributed by atoms with van der Waals surface area (Å²) in [4.78, 5) is 0. The summed E-state index contributed by atoms with van der Waals surface area (Å²) in [6.45, 7) is 7.61. The molecular formula is C17H33NO. The largest absolute Gasteiger partial charge is 0.389 e. The molecule has 2 unspecified atom stereocenters. The molecule has 0 radical (unpaired) electrons. The zero-order chi connectivity index (χ0) is 14.1. The first-order chi connectivity index (χ1) is 8.86. The van der Waals surface area contributed by atoms with Crippen molar-refractivity contribution in [3.05, 3.63) is 0 Å². The van der Waals surface area contributed by atoms with Crippen LogP contribution in [0, 0.1) is 16.7 Å². The minimum Gasteiger partial charge on any atom is -0.389 e. The summed E-state index contributed by atoms with van der Waals surface area (Å²) in [5.74, 6) is 0.774. The Labute approximate surface area is 119 Å². The summed E-state index contributed by atoms with van der Waals surface area (Å²) >= 11 is 0. The number of nitrogens with two attached hydrogens (primary N) is 1. The van der Waals surface area contributed by atoms with E-state index in [1.165, 1.54) is 19.3 Å². The van der Waals surface area contributed by atoms with Crippen molar-refractivity contribution in [2.75, 3.05) is 6.54 Å². The number of hydrogen-bond acceptors (Lipinski definition) is 2. The second-order valence-electron chi connectivity index (χ2n) is 8.05. The molecule has 0 aromatic heterocycles. The molecule has 0 bridgehead atoms. The van der Waals surface area contributed by atoms with Crippen molar-refractivity contribution < 1.29 is 5.11 Å². The maximum Gasteiger partial charge on any atom is 0.0716 e. The Morgan fingerprint density at radius 1 is 1.11 bits per heavy atom. The Morgan fingerprint density at radius 2 is 1.74 bits per heavy atom. The maximum absolute atomic E-state index is 11.3. The van der Waals surface area contributed by atoms with E-state index in [1.54, 1.807) is 0 Å². The minimum atomic E-state index is -0.495. The van der Waals surface area contributed by atoms with Crippen LogP contribution in [0.1, 0.15) is 78.6 Å². The molecule has 2 saturated carbocycles. The fourth-order valence-electron chi connectivity index (χ4n) is 4.50. The van der Waals surface area contributed by atoms with Gasteiger partial charge in [-0.25, -0.2) is 0 Å². The molecule has 0 aliphatic heterocycles. The van der Waals surface area contributed by atoms with Crippen molar-refractivity contribution >= 4 is 0 Å². The third-order valence-corrected chi connectivity index (χ3v) is 6.33. The van der Waals surface area contributed by atoms with E-state index in [2.05, 4.69) is 20.8 Å². The standard InChI is InChI=1S/C17H33NO/c1-4-14-6-5-7-16(12-14,13-18)17(19)10-8-15(2,3)9-11-17/h14,19H,4-13,18H2,1-3H3. The molecule has 0 heterocycles. The lowest BCUT2D eigenvalue weighted by molar-refractivity contribution is -0.143. The summed E-state index contributed by atoms with van der Waals surface area (Å²) < 4.78 is 0. The molecular weight excluding hydrogens is 234 g/mol. The lowest BCUT2D eigenvalue weighted by Gasteiger charge is -2.55. The first-order valence-electron chi connectivity index (χ1n) is 8.29. The van der Waals surface area contributed by atoms with Crippen molar-refractivity contribution in [3.63, 3.8) is 0 Å². The van der Waals surface area contributed by atoms with E-state index in [-0.39, 0.29) is 5.41 Å². The topological polar surface area (TPSA) is 46.2 Å². The highest BCUT2D eigenvalue weighted by Gasteiger charge is 2.53. The van der Waals surface area contributed by atoms with Gasteiger partial charge >= 0.3 is 0 Å². The molecule has 0 spiro atoms. The second-order valence-corrected chi connectivity index (χ2v) is 8.05. The summed E-state index contributed by atoms with van der Waals surface area (Å²) in [7, 11) is 0. The Hall–Kier alpha value is -0.0800. The SMILES string of the molecule is CCC1CCCC(CN)(C2(O)CCC(C)(C)CC2)C1. The summed E-state index contributed by atoms with van der Waals surface area (Å²) in [5, 5.41) is 11.3. The van der Waals surface area contributed by atoms with Crippen LogP contribution in [0.5, 0.6) is 0 Å². The highest BCUT2D eigenvalue weighted by atomic mass is 16.3. The van der Waals surface area contributed by atoms with Gasteiger partial charge in [0.15, 0.2) is 0 Å². The molecule has 0 saturated heterocycles. The molecule has 0 aromatic rings. The van der Waals surface area contributed by atoms with Crippen LogP contribution in [0.25, 0.3) is 0 Å². The van der Waals surface area contributed by atoms with Gasteiger partial charge in [0.1, 0.15) is 0 Å². The van der Waals surface area contributed by atoms with Crippen LogP contribution in [0.15, 0.2) is 0 Å². The second kappa shape index (κ2) is 5.37. The van der Waals surface area contributed by atoms with E-state index in [0.717, 1.165) is 44.4 Å². The number of rotatable bonds is 3. The van der Waals surface area contributed by atoms with Crippen molar-refractivity contribution in [2.45, 2.75) is 84.2 Å². The minimum absolute atomic E-state index is 0.00241. The molecule has 2 atom stereocenters. The Kier molecular flexibility index (Phi) is 4.32. The van der Waals surface area contributed by atoms with E-state index in [0.29, 0.717) is 12.0 Å². The van der Waals surface area contributed by atoms with Gasteiger partial charge in [-0.05, 0) is 49.9 Å². The van der Waals surface area contributed by atoms with Gasteiger partial charge in [0, 0.05) is 12.0 Å². The predicted molar refractivity (Wildman–Crippen MR) is 80.9 cm³/mol. The maximum atomic E-state index is 11.3. The van der Waals surface area contributed by atoms with Gasteiger partial charge in [-0.1, -0.05) is 40.0 Å². The Morgan fingerprint density at radius 3 is 2.26 bits per heavy atom. The van der Waals surface area contributed by atoms with E-state index in [4.69, 9.17) is 5.73 Å². The summed E-state index contributed by atoms with van der Waals surface area (Å²) in [6.07, 6.45) is 10.3. The van der Waals surface area contributed by atoms with Crippen LogP contribution in [0.4, 0.5) is 0 Å². The van der Waals surface area contributed by atoms with Crippen molar-refractivity contribution in [1.29, 1.82) is 0 Å². The monoisotopic (exact) mass is 267 g/mol. The van der Waals surface area contributed by atoms with Gasteiger partial charge in [0.25, 0.3) is 0 Å². The average Bonchev–Trinajstić information content (AvgIpc) is 2.42. The summed E-state index contributed by atoms with van der Waals surface area (Å²) in [6, 6.07) is 0. The van der Waals surface area contributed by atoms with E-state index >= 15 is 0 Å². The normalized spacial score (nSPS) is 38.1. The predicted octanol–water partition coefficient (Wildman–Crippen LogP) is 3.86. The zero-order valence-electron chi connectivity index (χ0n) is 13.2. The Balaban J connectivity index is 2.16. The molecule has 112 valence electrons. The molecule has 2 heteroatoms. The van der Waals surface area contributed by atoms with E-state index in [9.17, 15) is 5.11 Å². The van der Waals surface area contributed by atoms with Crippen LogP contribution < -0.4 is 5.73 Å². The third kappa shape index (κ3) is 2.85. The summed E-state index contributed by atoms with van der Waals surface area (Å²) in [5.41, 5.74) is 6.09. The van der Waals surface area contributed by atoms with Gasteiger partial charge in [-0.15, -0.1) is 0 Å². The fourth-order valence-corrected chi connectivity index (χ4v) is 4.50. The van der Waals surface area contributed by atoms with Crippen LogP contribution >= 0.6 is 0 Å². The quantitative estimate of drug-likeness (QED) is 0.815. The van der Waals surface area contributed by atoms with Gasteiger partial charge in [-0.3, -0.25) is 0 Å². The number of hydrogen-bond donors (Lipinski definition) is 2. The fraction of sp³-hybridized carbons (Fsp3) is 1.00. The van der Waals surface area contributed by atoms with Crippen LogP contribution in [-0.4, -0.2) is 17.3 Å². The zero-order valence-corrected chi connectivity index (χ0v) is 13.2. The van der Waals surface area contributed by atoms with Gasteiger partial charge in [0.05, 0.1) is 5.60 Å². The molecule has 2 aliphatic rings. The highest BCUT2D eigenvalue weighted by Crippen LogP contribution is 2.54. The molecule has 2 rings (SSSR count). The molecule has 2 fully saturated rings. The molecule has 19 heavy (non-hydrogen) atoms. The van der Waals surface area contributed by atoms with Crippen LogP contribution in [-0.2, 0) is 0 Å². The van der Waals surface area contributed by atoms with Gasteiger partial charge in [-0.2, -0.15) is 0 Å². The third-order valence-electron chi connectivity index (χ3n) is 6.33. The van der Waals surface area contributed by atoms with E-state index in [1.807, 2.05) is 0 Å². The smallest absolute Gasteiger partial charge is 0.0716 e. The molecule has 0 amide bonds. The van der Waals surface area contributed by atoms with Crippen molar-refractivity contribution in [3.8, 4) is 0 Å². The molecule has 3 N–H and O–H groups in total. The molecule has 2 nitrogen and oxygen atoms in total.